The summed E-state index contributed by atoms with van der Waals surface area (Å²) in [5, 5.41) is 11.0. The summed E-state index contributed by atoms with van der Waals surface area (Å²) in [7, 11) is -0.558. The molecule has 0 radical (unpaired) electrons. The Bertz CT molecular complexity index is 890. The largest absolute Gasteiger partial charge is 0.493 e. The van der Waals surface area contributed by atoms with Crippen molar-refractivity contribution >= 4 is 21.4 Å². The standard InChI is InChI=1S/C17H21NO5S2/c1-11-4-5-16(24-11)25(20,21)18-10-17(19)7-6-12-8-14(22-2)15(23-3)9-13(12)17/h4-5,8-9,18-19H,6-7,10H2,1-3H3. The lowest BCUT2D eigenvalue weighted by Gasteiger charge is -2.25. The number of rotatable bonds is 6. The first-order chi connectivity index (χ1) is 11.8. The van der Waals surface area contributed by atoms with E-state index in [1.165, 1.54) is 18.4 Å². The molecule has 1 heterocycles. The van der Waals surface area contributed by atoms with Crippen LogP contribution in [0.25, 0.3) is 0 Å². The molecule has 1 unspecified atom stereocenters. The maximum atomic E-state index is 12.4. The summed E-state index contributed by atoms with van der Waals surface area (Å²) in [6, 6.07) is 6.90. The summed E-state index contributed by atoms with van der Waals surface area (Å²) >= 11 is 1.20. The predicted octanol–water partition coefficient (Wildman–Crippen LogP) is 2.19. The van der Waals surface area contributed by atoms with Crippen LogP contribution in [0.5, 0.6) is 11.5 Å². The van der Waals surface area contributed by atoms with Crippen molar-refractivity contribution in [1.29, 1.82) is 0 Å². The van der Waals surface area contributed by atoms with E-state index in [4.69, 9.17) is 9.47 Å². The van der Waals surface area contributed by atoms with E-state index < -0.39 is 15.6 Å². The second-order valence-electron chi connectivity index (χ2n) is 6.09. The van der Waals surface area contributed by atoms with E-state index in [0.717, 1.165) is 10.4 Å². The number of hydrogen-bond donors (Lipinski definition) is 2. The van der Waals surface area contributed by atoms with Gasteiger partial charge in [0.1, 0.15) is 9.81 Å². The molecule has 1 atom stereocenters. The summed E-state index contributed by atoms with van der Waals surface area (Å²) in [5.41, 5.74) is 0.343. The third kappa shape index (κ3) is 3.39. The number of fused-ring (bicyclic) bond motifs is 1. The summed E-state index contributed by atoms with van der Waals surface area (Å²) in [6.07, 6.45) is 1.08. The van der Waals surface area contributed by atoms with Crippen LogP contribution in [0.1, 0.15) is 22.4 Å². The van der Waals surface area contributed by atoms with Gasteiger partial charge in [-0.2, -0.15) is 0 Å². The Kier molecular flexibility index (Phi) is 4.80. The number of thiophene rings is 1. The van der Waals surface area contributed by atoms with Gasteiger partial charge in [-0.1, -0.05) is 0 Å². The molecule has 0 saturated carbocycles. The van der Waals surface area contributed by atoms with E-state index in [9.17, 15) is 13.5 Å². The Morgan fingerprint density at radius 3 is 2.52 bits per heavy atom. The van der Waals surface area contributed by atoms with E-state index in [2.05, 4.69) is 4.72 Å². The van der Waals surface area contributed by atoms with Crippen LogP contribution < -0.4 is 14.2 Å². The number of ether oxygens (including phenoxy) is 2. The molecule has 1 aliphatic carbocycles. The molecule has 1 aromatic carbocycles. The maximum absolute atomic E-state index is 12.4. The minimum absolute atomic E-state index is 0.0885. The van der Waals surface area contributed by atoms with Crippen LogP contribution in [-0.4, -0.2) is 34.3 Å². The molecule has 6 nitrogen and oxygen atoms in total. The van der Waals surface area contributed by atoms with Crippen LogP contribution >= 0.6 is 11.3 Å². The summed E-state index contributed by atoms with van der Waals surface area (Å²) in [4.78, 5) is 0.919. The zero-order valence-electron chi connectivity index (χ0n) is 14.3. The van der Waals surface area contributed by atoms with Crippen LogP contribution in [0.15, 0.2) is 28.5 Å². The fourth-order valence-electron chi connectivity index (χ4n) is 3.06. The van der Waals surface area contributed by atoms with Crippen LogP contribution in [0, 0.1) is 6.92 Å². The first-order valence-electron chi connectivity index (χ1n) is 7.83. The molecule has 1 aliphatic rings. The number of methoxy groups -OCH3 is 2. The van der Waals surface area contributed by atoms with Crippen molar-refractivity contribution in [3.63, 3.8) is 0 Å². The summed E-state index contributed by atoms with van der Waals surface area (Å²) < 4.78 is 38.2. The molecule has 2 aromatic rings. The number of aliphatic hydroxyl groups is 1. The van der Waals surface area contributed by atoms with Crippen molar-refractivity contribution in [2.45, 2.75) is 29.6 Å². The van der Waals surface area contributed by atoms with Gasteiger partial charge >= 0.3 is 0 Å². The summed E-state index contributed by atoms with van der Waals surface area (Å²) in [5.74, 6) is 1.11. The van der Waals surface area contributed by atoms with Crippen molar-refractivity contribution in [1.82, 2.24) is 4.72 Å². The smallest absolute Gasteiger partial charge is 0.250 e. The maximum Gasteiger partial charge on any atom is 0.250 e. The Balaban J connectivity index is 1.85. The lowest BCUT2D eigenvalue weighted by atomic mass is 9.96. The van der Waals surface area contributed by atoms with Gasteiger partial charge in [0.15, 0.2) is 11.5 Å². The van der Waals surface area contributed by atoms with Crippen LogP contribution in [0.4, 0.5) is 0 Å². The molecule has 0 bridgehead atoms. The van der Waals surface area contributed by atoms with Crippen molar-refractivity contribution < 1.29 is 23.0 Å². The summed E-state index contributed by atoms with van der Waals surface area (Å²) in [6.45, 7) is 1.76. The van der Waals surface area contributed by atoms with Gasteiger partial charge < -0.3 is 14.6 Å². The molecular weight excluding hydrogens is 362 g/mol. The van der Waals surface area contributed by atoms with Gasteiger partial charge in [0.2, 0.25) is 10.0 Å². The first kappa shape index (κ1) is 18.2. The van der Waals surface area contributed by atoms with E-state index in [-0.39, 0.29) is 10.8 Å². The SMILES string of the molecule is COc1cc2c(cc1OC)C(O)(CNS(=O)(=O)c1ccc(C)s1)CC2. The number of aryl methyl sites for hydroxylation is 2. The molecule has 25 heavy (non-hydrogen) atoms. The van der Waals surface area contributed by atoms with Crippen molar-refractivity contribution in [3.8, 4) is 11.5 Å². The van der Waals surface area contributed by atoms with E-state index in [1.54, 1.807) is 25.3 Å². The monoisotopic (exact) mass is 383 g/mol. The minimum atomic E-state index is -3.64. The van der Waals surface area contributed by atoms with Gasteiger partial charge in [-0.15, -0.1) is 11.3 Å². The van der Waals surface area contributed by atoms with Gasteiger partial charge in [0.05, 0.1) is 14.2 Å². The highest BCUT2D eigenvalue weighted by molar-refractivity contribution is 7.91. The fourth-order valence-corrected chi connectivity index (χ4v) is 5.48. The molecule has 1 aromatic heterocycles. The van der Waals surface area contributed by atoms with Crippen LogP contribution in [-0.2, 0) is 22.0 Å². The lowest BCUT2D eigenvalue weighted by molar-refractivity contribution is 0.0440. The normalized spacial score (nSPS) is 19.7. The van der Waals surface area contributed by atoms with Crippen molar-refractivity contribution in [3.05, 3.63) is 40.3 Å². The quantitative estimate of drug-likeness (QED) is 0.799. The zero-order valence-corrected chi connectivity index (χ0v) is 16.0. The number of sulfonamides is 1. The van der Waals surface area contributed by atoms with E-state index in [0.29, 0.717) is 29.9 Å². The molecule has 3 rings (SSSR count). The Labute approximate surface area is 151 Å². The lowest BCUT2D eigenvalue weighted by Crippen LogP contribution is -2.39. The molecule has 0 amide bonds. The molecule has 8 heteroatoms. The average Bonchev–Trinajstić information content (AvgIpc) is 3.17. The highest BCUT2D eigenvalue weighted by Gasteiger charge is 2.39. The number of benzene rings is 1. The zero-order chi connectivity index (χ0) is 18.2. The highest BCUT2D eigenvalue weighted by atomic mass is 32.2. The Hall–Kier alpha value is -1.61. The second-order valence-corrected chi connectivity index (χ2v) is 9.37. The van der Waals surface area contributed by atoms with Crippen molar-refractivity contribution in [2.24, 2.45) is 0 Å². The molecule has 2 N–H and O–H groups in total. The third-order valence-electron chi connectivity index (χ3n) is 4.45. The van der Waals surface area contributed by atoms with Gasteiger partial charge in [-0.3, -0.25) is 0 Å². The van der Waals surface area contributed by atoms with Gasteiger partial charge in [0.25, 0.3) is 0 Å². The van der Waals surface area contributed by atoms with Gasteiger partial charge in [-0.05, 0) is 55.2 Å². The average molecular weight is 383 g/mol. The topological polar surface area (TPSA) is 84.9 Å². The van der Waals surface area contributed by atoms with Crippen molar-refractivity contribution in [2.75, 3.05) is 20.8 Å². The second kappa shape index (κ2) is 6.60. The number of hydrogen-bond acceptors (Lipinski definition) is 6. The van der Waals surface area contributed by atoms with E-state index >= 15 is 0 Å². The molecule has 0 saturated heterocycles. The van der Waals surface area contributed by atoms with Crippen LogP contribution in [0.2, 0.25) is 0 Å². The van der Waals surface area contributed by atoms with Gasteiger partial charge in [-0.25, -0.2) is 13.1 Å². The Morgan fingerprint density at radius 2 is 1.92 bits per heavy atom. The molecule has 0 aliphatic heterocycles. The van der Waals surface area contributed by atoms with E-state index in [1.807, 2.05) is 13.0 Å². The minimum Gasteiger partial charge on any atom is -0.493 e. The van der Waals surface area contributed by atoms with Gasteiger partial charge in [0, 0.05) is 11.4 Å². The predicted molar refractivity (Wildman–Crippen MR) is 96.0 cm³/mol. The first-order valence-corrected chi connectivity index (χ1v) is 10.1. The molecule has 136 valence electrons. The molecule has 0 spiro atoms. The third-order valence-corrected chi connectivity index (χ3v) is 7.35. The van der Waals surface area contributed by atoms with Crippen LogP contribution in [0.3, 0.4) is 0 Å². The number of nitrogens with one attached hydrogen (secondary N) is 1. The molecular formula is C17H21NO5S2. The molecule has 0 fully saturated rings. The fraction of sp³-hybridized carbons (Fsp3) is 0.412. The highest BCUT2D eigenvalue weighted by Crippen LogP contribution is 2.42. The Morgan fingerprint density at radius 1 is 1.24 bits per heavy atom.